The summed E-state index contributed by atoms with van der Waals surface area (Å²) in [6.45, 7) is 1.93. The first-order valence-electron chi connectivity index (χ1n) is 6.26. The van der Waals surface area contributed by atoms with Crippen LogP contribution < -0.4 is 10.1 Å². The fourth-order valence-corrected chi connectivity index (χ4v) is 1.86. The molecule has 1 N–H and O–H groups in total. The van der Waals surface area contributed by atoms with Gasteiger partial charge in [-0.05, 0) is 31.2 Å². The molecular formula is C15H13ClN2O3. The molecule has 1 atom stereocenters. The molecule has 1 heterocycles. The summed E-state index contributed by atoms with van der Waals surface area (Å²) in [5.41, 5.74) is 0.360. The van der Waals surface area contributed by atoms with Gasteiger partial charge in [-0.3, -0.25) is 4.79 Å². The van der Waals surface area contributed by atoms with Crippen LogP contribution in [0.4, 0.5) is 0 Å². The molecular weight excluding hydrogens is 292 g/mol. The second-order valence-electron chi connectivity index (χ2n) is 4.31. The summed E-state index contributed by atoms with van der Waals surface area (Å²) in [5.74, 6) is 0.823. The molecule has 6 heteroatoms. The van der Waals surface area contributed by atoms with Crippen LogP contribution in [0, 0.1) is 11.3 Å². The Morgan fingerprint density at radius 1 is 1.52 bits per heavy atom. The van der Waals surface area contributed by atoms with Gasteiger partial charge in [0.15, 0.2) is 6.10 Å². The molecule has 0 aliphatic carbocycles. The van der Waals surface area contributed by atoms with Crippen molar-refractivity contribution < 1.29 is 13.9 Å². The van der Waals surface area contributed by atoms with Gasteiger partial charge in [0.25, 0.3) is 5.91 Å². The van der Waals surface area contributed by atoms with Crippen molar-refractivity contribution in [1.82, 2.24) is 5.32 Å². The zero-order valence-corrected chi connectivity index (χ0v) is 12.1. The van der Waals surface area contributed by atoms with Crippen molar-refractivity contribution >= 4 is 17.5 Å². The largest absolute Gasteiger partial charge is 0.481 e. The molecule has 1 unspecified atom stereocenters. The number of furan rings is 1. The van der Waals surface area contributed by atoms with Gasteiger partial charge in [0.1, 0.15) is 17.6 Å². The number of benzene rings is 1. The van der Waals surface area contributed by atoms with Crippen molar-refractivity contribution in [3.05, 3.63) is 52.9 Å². The maximum atomic E-state index is 11.9. The molecule has 0 fully saturated rings. The number of nitrogens with zero attached hydrogens (tertiary/aromatic N) is 1. The Kier molecular flexibility index (Phi) is 4.85. The van der Waals surface area contributed by atoms with E-state index in [4.69, 9.17) is 26.0 Å². The van der Waals surface area contributed by atoms with Crippen molar-refractivity contribution in [2.45, 2.75) is 19.6 Å². The summed E-state index contributed by atoms with van der Waals surface area (Å²) in [6, 6.07) is 10.1. The van der Waals surface area contributed by atoms with E-state index in [9.17, 15) is 4.79 Å². The third-order valence-electron chi connectivity index (χ3n) is 2.76. The number of nitriles is 1. The molecule has 2 aromatic rings. The predicted molar refractivity (Wildman–Crippen MR) is 76.8 cm³/mol. The van der Waals surface area contributed by atoms with E-state index in [1.165, 1.54) is 6.07 Å². The van der Waals surface area contributed by atoms with E-state index in [1.807, 2.05) is 6.07 Å². The Morgan fingerprint density at radius 3 is 2.95 bits per heavy atom. The van der Waals surface area contributed by atoms with Gasteiger partial charge in [-0.2, -0.15) is 5.26 Å². The van der Waals surface area contributed by atoms with Gasteiger partial charge >= 0.3 is 0 Å². The Bertz CT molecular complexity index is 662. The Hall–Kier alpha value is -2.45. The zero-order chi connectivity index (χ0) is 15.2. The van der Waals surface area contributed by atoms with E-state index in [2.05, 4.69) is 5.32 Å². The van der Waals surface area contributed by atoms with Gasteiger partial charge in [0, 0.05) is 6.07 Å². The lowest BCUT2D eigenvalue weighted by Crippen LogP contribution is -2.35. The molecule has 0 radical (unpaired) electrons. The van der Waals surface area contributed by atoms with E-state index >= 15 is 0 Å². The van der Waals surface area contributed by atoms with E-state index in [0.717, 1.165) is 0 Å². The van der Waals surface area contributed by atoms with Crippen LogP contribution in [0.5, 0.6) is 5.75 Å². The highest BCUT2D eigenvalue weighted by Gasteiger charge is 2.15. The Balaban J connectivity index is 1.91. The molecule has 0 spiro atoms. The van der Waals surface area contributed by atoms with Crippen molar-refractivity contribution in [3.63, 3.8) is 0 Å². The summed E-state index contributed by atoms with van der Waals surface area (Å²) in [7, 11) is 0. The fraction of sp³-hybridized carbons (Fsp3) is 0.200. The van der Waals surface area contributed by atoms with Crippen LogP contribution in [-0.4, -0.2) is 12.0 Å². The third-order valence-corrected chi connectivity index (χ3v) is 3.07. The predicted octanol–water partition coefficient (Wildman–Crippen LogP) is 2.89. The van der Waals surface area contributed by atoms with Gasteiger partial charge in [-0.15, -0.1) is 0 Å². The number of carbonyl (C=O) groups is 1. The highest BCUT2D eigenvalue weighted by atomic mass is 35.5. The fourth-order valence-electron chi connectivity index (χ4n) is 1.65. The molecule has 0 aliphatic heterocycles. The van der Waals surface area contributed by atoms with E-state index in [-0.39, 0.29) is 10.9 Å². The van der Waals surface area contributed by atoms with Gasteiger partial charge in [0.2, 0.25) is 0 Å². The first-order valence-corrected chi connectivity index (χ1v) is 6.64. The highest BCUT2D eigenvalue weighted by Crippen LogP contribution is 2.22. The number of hydrogen-bond donors (Lipinski definition) is 1. The summed E-state index contributed by atoms with van der Waals surface area (Å²) in [6.07, 6.45) is 0.851. The van der Waals surface area contributed by atoms with Gasteiger partial charge in [0.05, 0.1) is 23.4 Å². The average Bonchev–Trinajstić information content (AvgIpc) is 2.98. The molecule has 5 nitrogen and oxygen atoms in total. The average molecular weight is 305 g/mol. The Labute approximate surface area is 127 Å². The molecule has 1 amide bonds. The van der Waals surface area contributed by atoms with E-state index < -0.39 is 6.10 Å². The standard InChI is InChI=1S/C15H13ClN2O3/c1-10(15(19)18-9-13-3-2-6-20-13)21-12-5-4-11(8-17)14(16)7-12/h2-7,10H,9H2,1H3,(H,18,19). The number of nitrogens with one attached hydrogen (secondary N) is 1. The van der Waals surface area contributed by atoms with Gasteiger partial charge < -0.3 is 14.5 Å². The minimum absolute atomic E-state index is 0.271. The molecule has 2 rings (SSSR count). The normalized spacial score (nSPS) is 11.5. The number of halogens is 1. The summed E-state index contributed by atoms with van der Waals surface area (Å²) in [5, 5.41) is 11.8. The second-order valence-corrected chi connectivity index (χ2v) is 4.72. The van der Waals surface area contributed by atoms with Gasteiger partial charge in [-0.1, -0.05) is 11.6 Å². The first-order chi connectivity index (χ1) is 10.1. The number of amides is 1. The summed E-state index contributed by atoms with van der Waals surface area (Å²) >= 11 is 5.91. The SMILES string of the molecule is CC(Oc1ccc(C#N)c(Cl)c1)C(=O)NCc1ccco1. The van der Waals surface area contributed by atoms with Crippen molar-refractivity contribution in [2.24, 2.45) is 0 Å². The van der Waals surface area contributed by atoms with E-state index in [0.29, 0.717) is 23.6 Å². The minimum Gasteiger partial charge on any atom is -0.481 e. The molecule has 108 valence electrons. The molecule has 1 aromatic heterocycles. The summed E-state index contributed by atoms with van der Waals surface area (Å²) < 4.78 is 10.6. The maximum absolute atomic E-state index is 11.9. The number of carbonyl (C=O) groups excluding carboxylic acids is 1. The van der Waals surface area contributed by atoms with Crippen molar-refractivity contribution in [2.75, 3.05) is 0 Å². The van der Waals surface area contributed by atoms with Crippen LogP contribution in [-0.2, 0) is 11.3 Å². The maximum Gasteiger partial charge on any atom is 0.261 e. The molecule has 0 aliphatic rings. The first kappa shape index (κ1) is 14.9. The molecule has 21 heavy (non-hydrogen) atoms. The van der Waals surface area contributed by atoms with Crippen LogP contribution in [0.2, 0.25) is 5.02 Å². The van der Waals surface area contributed by atoms with E-state index in [1.54, 1.807) is 37.5 Å². The lowest BCUT2D eigenvalue weighted by Gasteiger charge is -2.14. The number of rotatable bonds is 5. The van der Waals surface area contributed by atoms with Crippen LogP contribution in [0.15, 0.2) is 41.0 Å². The molecule has 0 bridgehead atoms. The topological polar surface area (TPSA) is 75.3 Å². The Morgan fingerprint density at radius 2 is 2.33 bits per heavy atom. The minimum atomic E-state index is -0.691. The quantitative estimate of drug-likeness (QED) is 0.921. The molecule has 1 aromatic carbocycles. The monoisotopic (exact) mass is 304 g/mol. The van der Waals surface area contributed by atoms with Crippen LogP contribution in [0.25, 0.3) is 0 Å². The number of hydrogen-bond acceptors (Lipinski definition) is 4. The van der Waals surface area contributed by atoms with Crippen LogP contribution in [0.3, 0.4) is 0 Å². The number of ether oxygens (including phenoxy) is 1. The van der Waals surface area contributed by atoms with Crippen molar-refractivity contribution in [1.29, 1.82) is 5.26 Å². The lowest BCUT2D eigenvalue weighted by atomic mass is 10.2. The zero-order valence-electron chi connectivity index (χ0n) is 11.3. The lowest BCUT2D eigenvalue weighted by molar-refractivity contribution is -0.127. The smallest absolute Gasteiger partial charge is 0.261 e. The van der Waals surface area contributed by atoms with Crippen molar-refractivity contribution in [3.8, 4) is 11.8 Å². The molecule has 0 saturated carbocycles. The highest BCUT2D eigenvalue weighted by molar-refractivity contribution is 6.31. The summed E-state index contributed by atoms with van der Waals surface area (Å²) in [4.78, 5) is 11.9. The van der Waals surface area contributed by atoms with Crippen LogP contribution >= 0.6 is 11.6 Å². The third kappa shape index (κ3) is 4.01. The molecule has 0 saturated heterocycles. The second kappa shape index (κ2) is 6.82. The van der Waals surface area contributed by atoms with Crippen LogP contribution in [0.1, 0.15) is 18.2 Å². The van der Waals surface area contributed by atoms with Gasteiger partial charge in [-0.25, -0.2) is 0 Å².